The Morgan fingerprint density at radius 1 is 1.28 bits per heavy atom. The molecule has 2 rings (SSSR count). The van der Waals surface area contributed by atoms with Crippen molar-refractivity contribution in [3.05, 3.63) is 68.5 Å². The van der Waals surface area contributed by atoms with Gasteiger partial charge in [0, 0.05) is 10.7 Å². The van der Waals surface area contributed by atoms with Gasteiger partial charge in [0.1, 0.15) is 12.2 Å². The highest BCUT2D eigenvalue weighted by atomic mass is 79.9. The molecule has 0 atom stereocenters. The van der Waals surface area contributed by atoms with Gasteiger partial charge in [0.05, 0.1) is 0 Å². The van der Waals surface area contributed by atoms with E-state index in [9.17, 15) is 9.59 Å². The minimum atomic E-state index is -0.638. The molecule has 0 spiro atoms. The van der Waals surface area contributed by atoms with Crippen molar-refractivity contribution in [2.45, 2.75) is 6.61 Å². The Morgan fingerprint density at radius 3 is 2.72 bits per heavy atom. The Morgan fingerprint density at radius 2 is 2.00 bits per heavy atom. The predicted molar refractivity (Wildman–Crippen MR) is 70.3 cm³/mol. The maximum Gasteiger partial charge on any atom is 0.344 e. The molecule has 0 radical (unpaired) electrons. The minimum Gasteiger partial charge on any atom is -0.457 e. The molecule has 18 heavy (non-hydrogen) atoms. The molecule has 0 saturated heterocycles. The molecule has 2 aromatic rings. The van der Waals surface area contributed by atoms with E-state index in [4.69, 9.17) is 4.74 Å². The third-order valence-electron chi connectivity index (χ3n) is 2.30. The first-order chi connectivity index (χ1) is 8.66. The number of benzene rings is 1. The molecule has 0 aliphatic heterocycles. The lowest BCUT2D eigenvalue weighted by molar-refractivity contribution is 0.0470. The molecule has 0 unspecified atom stereocenters. The smallest absolute Gasteiger partial charge is 0.344 e. The Bertz CT molecular complexity index is 607. The van der Waals surface area contributed by atoms with E-state index in [1.807, 2.05) is 30.3 Å². The van der Waals surface area contributed by atoms with Crippen LogP contribution in [0.15, 0.2) is 51.9 Å². The summed E-state index contributed by atoms with van der Waals surface area (Å²) in [6.45, 7) is 0.144. The molecule has 1 aromatic carbocycles. The van der Waals surface area contributed by atoms with Crippen molar-refractivity contribution in [1.29, 1.82) is 0 Å². The van der Waals surface area contributed by atoms with Gasteiger partial charge in [-0.25, -0.2) is 4.79 Å². The SMILES string of the molecule is O=C(OCc1ccccc1)c1cc(Br)c[nH]c1=O. The van der Waals surface area contributed by atoms with E-state index < -0.39 is 11.5 Å². The standard InChI is InChI=1S/C13H10BrNO3/c14-10-6-11(12(16)15-7-10)13(17)18-8-9-4-2-1-3-5-9/h1-7H,8H2,(H,15,16). The quantitative estimate of drug-likeness (QED) is 0.886. The minimum absolute atomic E-state index is 0.0136. The van der Waals surface area contributed by atoms with Crippen LogP contribution in [-0.2, 0) is 11.3 Å². The van der Waals surface area contributed by atoms with Gasteiger partial charge < -0.3 is 9.72 Å². The maximum atomic E-state index is 11.7. The fourth-order valence-corrected chi connectivity index (χ4v) is 1.75. The lowest BCUT2D eigenvalue weighted by Gasteiger charge is -2.04. The molecule has 1 aromatic heterocycles. The Balaban J connectivity index is 2.09. The number of carbonyl (C=O) groups excluding carboxylic acids is 1. The summed E-state index contributed by atoms with van der Waals surface area (Å²) < 4.78 is 5.69. The summed E-state index contributed by atoms with van der Waals surface area (Å²) in [4.78, 5) is 25.6. The fraction of sp³-hybridized carbons (Fsp3) is 0.0769. The van der Waals surface area contributed by atoms with Crippen LogP contribution in [0.1, 0.15) is 15.9 Å². The van der Waals surface area contributed by atoms with E-state index in [-0.39, 0.29) is 12.2 Å². The van der Waals surface area contributed by atoms with E-state index in [0.717, 1.165) is 5.56 Å². The molecular weight excluding hydrogens is 298 g/mol. The first-order valence-electron chi connectivity index (χ1n) is 5.26. The molecule has 92 valence electrons. The van der Waals surface area contributed by atoms with Gasteiger partial charge in [-0.3, -0.25) is 4.79 Å². The number of aromatic amines is 1. The molecule has 0 bridgehead atoms. The first-order valence-corrected chi connectivity index (χ1v) is 6.05. The van der Waals surface area contributed by atoms with Gasteiger partial charge in [-0.05, 0) is 27.6 Å². The predicted octanol–water partition coefficient (Wildman–Crippen LogP) is 2.49. The van der Waals surface area contributed by atoms with Crippen LogP contribution in [0.5, 0.6) is 0 Å². The fourth-order valence-electron chi connectivity index (χ4n) is 1.41. The molecule has 0 fully saturated rings. The zero-order chi connectivity index (χ0) is 13.0. The normalized spacial score (nSPS) is 10.1. The van der Waals surface area contributed by atoms with Crippen molar-refractivity contribution in [1.82, 2.24) is 4.98 Å². The average molecular weight is 308 g/mol. The number of ether oxygens (including phenoxy) is 1. The maximum absolute atomic E-state index is 11.7. The molecule has 0 aliphatic rings. The van der Waals surface area contributed by atoms with Crippen molar-refractivity contribution in [3.63, 3.8) is 0 Å². The van der Waals surface area contributed by atoms with Gasteiger partial charge in [-0.1, -0.05) is 30.3 Å². The largest absolute Gasteiger partial charge is 0.457 e. The number of pyridine rings is 1. The van der Waals surface area contributed by atoms with Gasteiger partial charge >= 0.3 is 5.97 Å². The number of esters is 1. The molecular formula is C13H10BrNO3. The van der Waals surface area contributed by atoms with Crippen molar-refractivity contribution >= 4 is 21.9 Å². The monoisotopic (exact) mass is 307 g/mol. The third-order valence-corrected chi connectivity index (χ3v) is 2.76. The second-order valence-corrected chi connectivity index (χ2v) is 4.54. The molecule has 1 N–H and O–H groups in total. The number of hydrogen-bond acceptors (Lipinski definition) is 3. The van der Waals surface area contributed by atoms with Crippen LogP contribution < -0.4 is 5.56 Å². The Hall–Kier alpha value is -1.88. The number of aromatic nitrogens is 1. The number of halogens is 1. The topological polar surface area (TPSA) is 59.2 Å². The van der Waals surface area contributed by atoms with Crippen molar-refractivity contribution in [2.75, 3.05) is 0 Å². The second-order valence-electron chi connectivity index (χ2n) is 3.62. The zero-order valence-electron chi connectivity index (χ0n) is 9.35. The van der Waals surface area contributed by atoms with Crippen LogP contribution in [0.4, 0.5) is 0 Å². The van der Waals surface area contributed by atoms with Crippen molar-refractivity contribution in [2.24, 2.45) is 0 Å². The van der Waals surface area contributed by atoms with Crippen LogP contribution in [0.2, 0.25) is 0 Å². The molecule has 5 heteroatoms. The van der Waals surface area contributed by atoms with E-state index in [1.165, 1.54) is 12.3 Å². The first kappa shape index (κ1) is 12.6. The number of nitrogens with one attached hydrogen (secondary N) is 1. The highest BCUT2D eigenvalue weighted by Gasteiger charge is 2.12. The second kappa shape index (κ2) is 5.64. The van der Waals surface area contributed by atoms with Gasteiger partial charge in [-0.2, -0.15) is 0 Å². The van der Waals surface area contributed by atoms with Crippen LogP contribution in [-0.4, -0.2) is 11.0 Å². The average Bonchev–Trinajstić information content (AvgIpc) is 2.40. The lowest BCUT2D eigenvalue weighted by Crippen LogP contribution is -2.19. The summed E-state index contributed by atoms with van der Waals surface area (Å²) in [5.74, 6) is -0.638. The van der Waals surface area contributed by atoms with Crippen LogP contribution in [0.3, 0.4) is 0 Å². The Kier molecular flexibility index (Phi) is 3.94. The molecule has 4 nitrogen and oxygen atoms in total. The van der Waals surface area contributed by atoms with E-state index >= 15 is 0 Å². The van der Waals surface area contributed by atoms with Gasteiger partial charge in [-0.15, -0.1) is 0 Å². The van der Waals surface area contributed by atoms with E-state index in [0.29, 0.717) is 4.47 Å². The number of rotatable bonds is 3. The molecule has 0 saturated carbocycles. The summed E-state index contributed by atoms with van der Waals surface area (Å²) in [7, 11) is 0. The third kappa shape index (κ3) is 3.07. The van der Waals surface area contributed by atoms with Crippen molar-refractivity contribution in [3.8, 4) is 0 Å². The lowest BCUT2D eigenvalue weighted by atomic mass is 10.2. The summed E-state index contributed by atoms with van der Waals surface area (Å²) >= 11 is 3.18. The highest BCUT2D eigenvalue weighted by Crippen LogP contribution is 2.09. The van der Waals surface area contributed by atoms with Crippen LogP contribution in [0, 0.1) is 0 Å². The van der Waals surface area contributed by atoms with Crippen LogP contribution >= 0.6 is 15.9 Å². The summed E-state index contributed by atoms with van der Waals surface area (Å²) in [6, 6.07) is 10.7. The van der Waals surface area contributed by atoms with Gasteiger partial charge in [0.25, 0.3) is 5.56 Å². The van der Waals surface area contributed by atoms with E-state index in [2.05, 4.69) is 20.9 Å². The van der Waals surface area contributed by atoms with Gasteiger partial charge in [0.15, 0.2) is 0 Å². The summed E-state index contributed by atoms with van der Waals surface area (Å²) in [6.07, 6.45) is 1.47. The number of carbonyl (C=O) groups is 1. The van der Waals surface area contributed by atoms with Crippen LogP contribution in [0.25, 0.3) is 0 Å². The number of hydrogen-bond donors (Lipinski definition) is 1. The molecule has 0 amide bonds. The highest BCUT2D eigenvalue weighted by molar-refractivity contribution is 9.10. The summed E-state index contributed by atoms with van der Waals surface area (Å²) in [5, 5.41) is 0. The summed E-state index contributed by atoms with van der Waals surface area (Å²) in [5.41, 5.74) is 0.397. The zero-order valence-corrected chi connectivity index (χ0v) is 10.9. The number of H-pyrrole nitrogens is 1. The van der Waals surface area contributed by atoms with Crippen molar-refractivity contribution < 1.29 is 9.53 Å². The van der Waals surface area contributed by atoms with E-state index in [1.54, 1.807) is 0 Å². The molecule has 0 aliphatic carbocycles. The van der Waals surface area contributed by atoms with Gasteiger partial charge in [0.2, 0.25) is 0 Å². The molecule has 1 heterocycles. The Labute approximate surface area is 112 Å².